The van der Waals surface area contributed by atoms with Crippen molar-refractivity contribution in [3.63, 3.8) is 0 Å². The normalized spacial score (nSPS) is 30.8. The Morgan fingerprint density at radius 2 is 1.30 bits per heavy atom. The fraction of sp³-hybridized carbons (Fsp3) is 1.00. The average Bonchev–Trinajstić information content (AvgIpc) is 1.73. The molecule has 0 aliphatic carbocycles. The summed E-state index contributed by atoms with van der Waals surface area (Å²) in [6, 6.07) is 0. The van der Waals surface area contributed by atoms with E-state index >= 15 is 0 Å². The second-order valence-electron chi connectivity index (χ2n) is 2.14. The van der Waals surface area contributed by atoms with Gasteiger partial charge in [0.25, 0.3) is 0 Å². The minimum absolute atomic E-state index is 0.142. The number of hydrogen-bond acceptors (Lipinski definition) is 1. The number of hydrogen-bond donors (Lipinski definition) is 0. The third kappa shape index (κ3) is 1.56. The first-order valence-electron chi connectivity index (χ1n) is 2.46. The third-order valence-electron chi connectivity index (χ3n) is 1.22. The van der Waals surface area contributed by atoms with Crippen molar-refractivity contribution < 1.29 is 4.21 Å². The van der Waals surface area contributed by atoms with Crippen LogP contribution in [-0.4, -0.2) is 24.4 Å². The van der Waals surface area contributed by atoms with Gasteiger partial charge < -0.3 is 0 Å². The molecule has 0 bridgehead atoms. The third-order valence-corrected chi connectivity index (χ3v) is 5.58. The van der Waals surface area contributed by atoms with Gasteiger partial charge in [-0.3, -0.25) is 4.21 Å². The van der Waals surface area contributed by atoms with Crippen LogP contribution >= 0.6 is 46.4 Å². The molecule has 0 aromatic heterocycles. The Labute approximate surface area is 81.4 Å². The zero-order chi connectivity index (χ0) is 7.99. The van der Waals surface area contributed by atoms with Crippen molar-refractivity contribution in [2.45, 2.75) is 8.67 Å². The lowest BCUT2D eigenvalue weighted by Gasteiger charge is -2.22. The van der Waals surface area contributed by atoms with Crippen molar-refractivity contribution in [2.75, 3.05) is 11.5 Å². The molecule has 1 nitrogen and oxygen atoms in total. The summed E-state index contributed by atoms with van der Waals surface area (Å²) in [6.07, 6.45) is 0. The maximum atomic E-state index is 10.8. The highest BCUT2D eigenvalue weighted by Crippen LogP contribution is 2.48. The van der Waals surface area contributed by atoms with Gasteiger partial charge in [-0.25, -0.2) is 0 Å². The number of alkyl halides is 4. The Kier molecular flexibility index (Phi) is 2.51. The van der Waals surface area contributed by atoms with Gasteiger partial charge >= 0.3 is 0 Å². The minimum Gasteiger partial charge on any atom is -0.259 e. The fourth-order valence-corrected chi connectivity index (χ4v) is 4.11. The first kappa shape index (κ1) is 9.40. The topological polar surface area (TPSA) is 17.1 Å². The summed E-state index contributed by atoms with van der Waals surface area (Å²) < 4.78 is 8.32. The van der Waals surface area contributed by atoms with E-state index in [-0.39, 0.29) is 11.5 Å². The summed E-state index contributed by atoms with van der Waals surface area (Å²) in [7, 11) is -1.09. The molecule has 0 N–H and O–H groups in total. The van der Waals surface area contributed by atoms with Gasteiger partial charge in [-0.1, -0.05) is 46.4 Å². The van der Waals surface area contributed by atoms with Crippen molar-refractivity contribution in [3.8, 4) is 0 Å². The van der Waals surface area contributed by atoms with Gasteiger partial charge in [0.1, 0.15) is 0 Å². The van der Waals surface area contributed by atoms with Crippen LogP contribution in [0.15, 0.2) is 0 Å². The van der Waals surface area contributed by atoms with Crippen LogP contribution in [0, 0.1) is 0 Å². The molecule has 0 aromatic carbocycles. The van der Waals surface area contributed by atoms with Gasteiger partial charge in [-0.15, -0.1) is 0 Å². The van der Waals surface area contributed by atoms with E-state index in [1.54, 1.807) is 0 Å². The van der Waals surface area contributed by atoms with Crippen LogP contribution in [0.2, 0.25) is 0 Å². The van der Waals surface area contributed by atoms with E-state index in [1.165, 1.54) is 0 Å². The second-order valence-corrected chi connectivity index (χ2v) is 6.56. The smallest absolute Gasteiger partial charge is 0.163 e. The van der Waals surface area contributed by atoms with Crippen LogP contribution in [0.4, 0.5) is 0 Å². The summed E-state index contributed by atoms with van der Waals surface area (Å²) in [6.45, 7) is 0. The van der Waals surface area contributed by atoms with Crippen LogP contribution in [0.1, 0.15) is 0 Å². The van der Waals surface area contributed by atoms with Crippen molar-refractivity contribution in [2.24, 2.45) is 0 Å². The van der Waals surface area contributed by atoms with Gasteiger partial charge in [-0.2, -0.15) is 0 Å². The average molecular weight is 242 g/mol. The van der Waals surface area contributed by atoms with Gasteiger partial charge in [-0.05, 0) is 0 Å². The first-order valence-corrected chi connectivity index (χ1v) is 5.46. The molecular formula is C4H4Cl4OS. The molecule has 1 saturated heterocycles. The first-order chi connectivity index (χ1) is 4.35. The molecule has 0 saturated carbocycles. The lowest BCUT2D eigenvalue weighted by Crippen LogP contribution is -2.33. The number of rotatable bonds is 0. The molecule has 1 heterocycles. The lowest BCUT2D eigenvalue weighted by molar-refractivity contribution is 0.687. The standard InChI is InChI=1S/C4H4Cl4OS/c5-3(6)1-10(9)2-4(3,7)8/h1-2H2. The summed E-state index contributed by atoms with van der Waals surface area (Å²) in [4.78, 5) is 0. The van der Waals surface area contributed by atoms with E-state index in [2.05, 4.69) is 0 Å². The molecule has 0 radical (unpaired) electrons. The predicted octanol–water partition coefficient (Wildman–Crippen LogP) is 2.10. The van der Waals surface area contributed by atoms with Crippen LogP contribution in [0.3, 0.4) is 0 Å². The molecule has 1 aliphatic heterocycles. The fourth-order valence-electron chi connectivity index (χ4n) is 0.667. The molecule has 0 aromatic rings. The highest BCUT2D eigenvalue weighted by atomic mass is 35.5. The molecule has 0 spiro atoms. The van der Waals surface area contributed by atoms with Crippen LogP contribution in [0.5, 0.6) is 0 Å². The summed E-state index contributed by atoms with van der Waals surface area (Å²) >= 11 is 22.7. The monoisotopic (exact) mass is 240 g/mol. The van der Waals surface area contributed by atoms with Gasteiger partial charge in [0.15, 0.2) is 8.67 Å². The molecule has 10 heavy (non-hydrogen) atoms. The zero-order valence-electron chi connectivity index (χ0n) is 4.74. The van der Waals surface area contributed by atoms with E-state index < -0.39 is 19.5 Å². The Morgan fingerprint density at radius 1 is 1.00 bits per heavy atom. The van der Waals surface area contributed by atoms with E-state index in [0.717, 1.165) is 0 Å². The van der Waals surface area contributed by atoms with Crippen LogP contribution in [-0.2, 0) is 10.8 Å². The van der Waals surface area contributed by atoms with Gasteiger partial charge in [0, 0.05) is 10.8 Å². The largest absolute Gasteiger partial charge is 0.259 e. The quantitative estimate of drug-likeness (QED) is 0.594. The van der Waals surface area contributed by atoms with E-state index in [1.807, 2.05) is 0 Å². The highest BCUT2D eigenvalue weighted by molar-refractivity contribution is 7.85. The van der Waals surface area contributed by atoms with E-state index in [4.69, 9.17) is 46.4 Å². The SMILES string of the molecule is O=S1CC(Cl)(Cl)C(Cl)(Cl)C1. The summed E-state index contributed by atoms with van der Waals surface area (Å²) in [5.74, 6) is 0.284. The molecule has 0 amide bonds. The molecule has 0 atom stereocenters. The summed E-state index contributed by atoms with van der Waals surface area (Å²) in [5.41, 5.74) is 0. The van der Waals surface area contributed by atoms with Crippen molar-refractivity contribution >= 4 is 57.2 Å². The van der Waals surface area contributed by atoms with Crippen molar-refractivity contribution in [3.05, 3.63) is 0 Å². The molecule has 6 heteroatoms. The molecule has 1 aliphatic rings. The zero-order valence-corrected chi connectivity index (χ0v) is 8.58. The Hall–Kier alpha value is 1.31. The maximum absolute atomic E-state index is 10.8. The van der Waals surface area contributed by atoms with Crippen molar-refractivity contribution in [1.82, 2.24) is 0 Å². The Balaban J connectivity index is 2.88. The van der Waals surface area contributed by atoms with Gasteiger partial charge in [0.2, 0.25) is 0 Å². The van der Waals surface area contributed by atoms with Gasteiger partial charge in [0.05, 0.1) is 11.5 Å². The summed E-state index contributed by atoms with van der Waals surface area (Å²) in [5, 5.41) is 0. The Bertz CT molecular complexity index is 160. The van der Waals surface area contributed by atoms with E-state index in [0.29, 0.717) is 0 Å². The predicted molar refractivity (Wildman–Crippen MR) is 46.8 cm³/mol. The number of halogens is 4. The second kappa shape index (κ2) is 2.67. The van der Waals surface area contributed by atoms with Crippen LogP contribution < -0.4 is 0 Å². The van der Waals surface area contributed by atoms with Crippen molar-refractivity contribution in [1.29, 1.82) is 0 Å². The highest BCUT2D eigenvalue weighted by Gasteiger charge is 2.54. The molecule has 1 fully saturated rings. The molecule has 60 valence electrons. The minimum atomic E-state index is -1.26. The molecule has 1 rings (SSSR count). The molecule has 0 unspecified atom stereocenters. The van der Waals surface area contributed by atoms with E-state index in [9.17, 15) is 4.21 Å². The van der Waals surface area contributed by atoms with Crippen LogP contribution in [0.25, 0.3) is 0 Å². The molecular weight excluding hydrogens is 238 g/mol. The maximum Gasteiger partial charge on any atom is 0.163 e. The lowest BCUT2D eigenvalue weighted by atomic mass is 10.3. The Morgan fingerprint density at radius 3 is 1.40 bits per heavy atom.